The Labute approximate surface area is 569 Å². The van der Waals surface area contributed by atoms with Crippen molar-refractivity contribution in [3.05, 3.63) is 85.1 Å². The lowest BCUT2D eigenvalue weighted by Crippen LogP contribution is -2.40. The minimum absolute atomic E-state index is 0.00931. The van der Waals surface area contributed by atoms with E-state index in [1.165, 1.54) is 0 Å². The highest BCUT2D eigenvalue weighted by Crippen LogP contribution is 2.68. The monoisotopic (exact) mass is 1400 g/mol. The van der Waals surface area contributed by atoms with Crippen LogP contribution in [-0.2, 0) is 62.0 Å². The molecule has 17 fully saturated rings. The van der Waals surface area contributed by atoms with E-state index in [4.69, 9.17) is 59.1 Å². The molecule has 15 saturated heterocycles. The molecular weight excluding hydrogens is 1320 g/mol. The smallest absolute Gasteiger partial charge is 0.309 e. The zero-order chi connectivity index (χ0) is 65.0. The van der Waals surface area contributed by atoms with Crippen LogP contribution in [0.15, 0.2) is 85.1 Å². The molecule has 0 spiro atoms. The molecule has 2 saturated carbocycles. The Morgan fingerprint density at radius 2 is 0.747 bits per heavy atom. The fourth-order valence-electron chi connectivity index (χ4n) is 22.9. The van der Waals surface area contributed by atoms with E-state index in [-0.39, 0.29) is 114 Å². The quantitative estimate of drug-likeness (QED) is 0.122. The fourth-order valence-corrected chi connectivity index (χ4v) is 32.6. The van der Waals surface area contributed by atoms with Crippen molar-refractivity contribution in [1.29, 1.82) is 0 Å². The third-order valence-corrected chi connectivity index (χ3v) is 34.8. The number of aliphatic carboxylic acids is 7. The Bertz CT molecular complexity index is 3000. The first-order valence-corrected chi connectivity index (χ1v) is 39.1. The molecule has 0 aromatic rings. The molecule has 0 radical (unpaired) electrons. The Morgan fingerprint density at radius 3 is 1.26 bits per heavy atom. The summed E-state index contributed by atoms with van der Waals surface area (Å²) in [5.41, 5.74) is 0. The van der Waals surface area contributed by atoms with E-state index < -0.39 is 41.8 Å². The lowest BCUT2D eigenvalue weighted by molar-refractivity contribution is -0.145. The Morgan fingerprint density at radius 1 is 0.284 bits per heavy atom. The number of carboxylic acid groups (broad SMARTS) is 7. The number of carbonyl (C=O) groups is 7. The molecule has 41 unspecified atom stereocenters. The van der Waals surface area contributed by atoms with Gasteiger partial charge >= 0.3 is 41.8 Å². The SMILES string of the molecule is O=C(O)C1CC2C=CC1O2.O=C(O)C1CC2C=CC1S2.O=C(O)C1CC2CC1C1C3C=CC(O3)C21.O=C(O)C1CC2OC1C1C3C=CC(O3)C21.O=C(O)C1CC2OC1C1C3C=CC(S3)C21.O=C(O)C1CC2SC1C1C3C=CC(O3)C21.O=C(O)C1CC2SC1C1C3C=CC(S3)C21. The van der Waals surface area contributed by atoms with Crippen LogP contribution in [0.5, 0.6) is 0 Å². The Kier molecular flexibility index (Phi) is 15.8. The summed E-state index contributed by atoms with van der Waals surface area (Å²) in [6, 6.07) is 0. The third kappa shape index (κ3) is 10.1. The van der Waals surface area contributed by atoms with Gasteiger partial charge in [0.05, 0.1) is 115 Å². The lowest BCUT2D eigenvalue weighted by atomic mass is 9.69. The second-order valence-corrected chi connectivity index (χ2v) is 37.5. The summed E-state index contributed by atoms with van der Waals surface area (Å²) >= 11 is 9.72. The molecular formula is C70H78O20S5. The van der Waals surface area contributed by atoms with Crippen LogP contribution in [-0.4, -0.2) is 203 Å². The maximum Gasteiger partial charge on any atom is 0.309 e. The van der Waals surface area contributed by atoms with Crippen molar-refractivity contribution in [3.8, 4) is 0 Å². The predicted molar refractivity (Wildman–Crippen MR) is 348 cm³/mol. The summed E-state index contributed by atoms with van der Waals surface area (Å²) in [4.78, 5) is 76.5. The van der Waals surface area contributed by atoms with Crippen molar-refractivity contribution in [2.24, 2.45) is 112 Å². The van der Waals surface area contributed by atoms with Crippen LogP contribution in [0, 0.1) is 112 Å². The molecule has 24 rings (SSSR count). The standard InChI is InChI=1S/C12H14O3.C11H12O4.2C11H12O3S.C11H12O2S2.C7H8O3.C7H8O2S/c13-12(14)7-4-5-3-6(7)11-9-2-1-8(15-9)10(5)11;12-11(13)4-3-7-8-5-1-2-6(14-5)9(8)10(4)15-7;12-11(13)4-3-5-8-6-1-2-7(15-6)9(8)10(4)14-5;2*12-11(13)4-3-7-8-5-1-2-6(14-5)9(8)10(4)15-7;2*8-7(9)5-3-4-1-2-6(5)10-4/h1-2,5-11H,3-4H2,(H,13,14);4*1-2,4-10H,3H2,(H,12,13);2*1-2,4-6H,3H2,(H,8,9). The normalized spacial score (nSPS) is 55.4. The van der Waals surface area contributed by atoms with Gasteiger partial charge in [0.1, 0.15) is 0 Å². The average molecular weight is 1400 g/mol. The highest BCUT2D eigenvalue weighted by Gasteiger charge is 2.69. The van der Waals surface area contributed by atoms with Gasteiger partial charge in [-0.05, 0) is 86.9 Å². The van der Waals surface area contributed by atoms with Crippen LogP contribution in [0.2, 0.25) is 0 Å². The predicted octanol–water partition coefficient (Wildman–Crippen LogP) is 7.42. The summed E-state index contributed by atoms with van der Waals surface area (Å²) in [5.74, 6) is 0.701. The van der Waals surface area contributed by atoms with Gasteiger partial charge in [0.2, 0.25) is 0 Å². The van der Waals surface area contributed by atoms with Crippen LogP contribution < -0.4 is 0 Å². The molecule has 22 aliphatic heterocycles. The van der Waals surface area contributed by atoms with E-state index in [0.717, 1.165) is 44.4 Å². The molecule has 7 N–H and O–H groups in total. The van der Waals surface area contributed by atoms with Crippen LogP contribution >= 0.6 is 58.8 Å². The van der Waals surface area contributed by atoms with Crippen molar-refractivity contribution in [1.82, 2.24) is 0 Å². The fraction of sp³-hybridized carbons (Fsp3) is 0.700. The zero-order valence-electron chi connectivity index (χ0n) is 51.4. The largest absolute Gasteiger partial charge is 0.481 e. The Balaban J connectivity index is 0.0000000816. The number of ether oxygens (including phenoxy) is 6. The van der Waals surface area contributed by atoms with Gasteiger partial charge in [0.15, 0.2) is 0 Å². The lowest BCUT2D eigenvalue weighted by Gasteiger charge is -2.32. The average Bonchev–Trinajstić information content (AvgIpc) is 1.59. The van der Waals surface area contributed by atoms with Crippen LogP contribution in [0.1, 0.15) is 51.4 Å². The number of rotatable bonds is 7. The first-order chi connectivity index (χ1) is 45.8. The van der Waals surface area contributed by atoms with E-state index in [0.29, 0.717) is 131 Å². The van der Waals surface area contributed by atoms with E-state index in [1.807, 2.05) is 53.5 Å². The summed E-state index contributed by atoms with van der Waals surface area (Å²) in [6.07, 6.45) is 38.1. The van der Waals surface area contributed by atoms with Crippen LogP contribution in [0.3, 0.4) is 0 Å². The summed E-state index contributed by atoms with van der Waals surface area (Å²) < 4.78 is 34.3. The highest BCUT2D eigenvalue weighted by atomic mass is 32.2. The van der Waals surface area contributed by atoms with Gasteiger partial charge < -0.3 is 64.2 Å². The summed E-state index contributed by atoms with van der Waals surface area (Å²) in [6.45, 7) is 0. The minimum atomic E-state index is -0.739. The minimum Gasteiger partial charge on any atom is -0.481 e. The van der Waals surface area contributed by atoms with Gasteiger partial charge in [-0.1, -0.05) is 85.1 Å². The first kappa shape index (κ1) is 63.2. The van der Waals surface area contributed by atoms with Gasteiger partial charge in [-0.15, -0.1) is 35.3 Å². The molecule has 508 valence electrons. The molecule has 0 aromatic heterocycles. The number of hydrogen-bond donors (Lipinski definition) is 7. The first-order valence-electron chi connectivity index (χ1n) is 34.4. The van der Waals surface area contributed by atoms with Crippen molar-refractivity contribution in [2.75, 3.05) is 0 Å². The molecule has 95 heavy (non-hydrogen) atoms. The molecule has 22 heterocycles. The van der Waals surface area contributed by atoms with Crippen molar-refractivity contribution < 1.29 is 97.7 Å². The maximum absolute atomic E-state index is 11.1. The second kappa shape index (κ2) is 23.8. The highest BCUT2D eigenvalue weighted by molar-refractivity contribution is 8.03. The van der Waals surface area contributed by atoms with Crippen molar-refractivity contribution in [2.45, 2.75) is 177 Å². The van der Waals surface area contributed by atoms with Gasteiger partial charge in [-0.25, -0.2) is 0 Å². The molecule has 2 aliphatic carbocycles. The summed E-state index contributed by atoms with van der Waals surface area (Å²) in [7, 11) is 0. The molecule has 24 aliphatic rings. The summed E-state index contributed by atoms with van der Waals surface area (Å²) in [5, 5.41) is 68.1. The van der Waals surface area contributed by atoms with E-state index in [2.05, 4.69) is 78.6 Å². The number of carboxylic acids is 7. The molecule has 41 atom stereocenters. The van der Waals surface area contributed by atoms with E-state index in [1.54, 1.807) is 11.8 Å². The van der Waals surface area contributed by atoms with E-state index >= 15 is 0 Å². The molecule has 25 heteroatoms. The molecule has 24 bridgehead atoms. The second-order valence-electron chi connectivity index (χ2n) is 30.6. The Hall–Kier alpha value is -4.02. The zero-order valence-corrected chi connectivity index (χ0v) is 55.5. The van der Waals surface area contributed by atoms with Crippen LogP contribution in [0.4, 0.5) is 0 Å². The van der Waals surface area contributed by atoms with E-state index in [9.17, 15) is 38.7 Å². The molecule has 0 aromatic carbocycles. The number of thioether (sulfide) groups is 5. The topological polar surface area (TPSA) is 316 Å². The molecule has 20 nitrogen and oxygen atoms in total. The van der Waals surface area contributed by atoms with Gasteiger partial charge in [0, 0.05) is 88.0 Å². The molecule has 0 amide bonds. The third-order valence-electron chi connectivity index (χ3n) is 26.5. The maximum atomic E-state index is 11.1. The van der Waals surface area contributed by atoms with Gasteiger partial charge in [-0.2, -0.15) is 23.5 Å². The number of fused-ring (bicyclic) bond motifs is 49. The van der Waals surface area contributed by atoms with Gasteiger partial charge in [0.25, 0.3) is 0 Å². The van der Waals surface area contributed by atoms with Crippen molar-refractivity contribution in [3.63, 3.8) is 0 Å². The van der Waals surface area contributed by atoms with Crippen molar-refractivity contribution >= 4 is 101 Å². The van der Waals surface area contributed by atoms with Crippen LogP contribution in [0.25, 0.3) is 0 Å². The van der Waals surface area contributed by atoms with Gasteiger partial charge in [-0.3, -0.25) is 33.6 Å². The number of hydrogen-bond acceptors (Lipinski definition) is 18.